The Bertz CT molecular complexity index is 2460. The molecule has 3 aromatic heterocycles. The smallest absolute Gasteiger partial charge is 0.503 e. The molecular weight excluding hydrogens is 1000 g/mol. The number of aryl methyl sites for hydroxylation is 4. The van der Waals surface area contributed by atoms with Gasteiger partial charge in [-0.15, -0.1) is 58.7 Å². The molecule has 1 aliphatic heterocycles. The predicted octanol–water partition coefficient (Wildman–Crippen LogP) is 9.51. The quantitative estimate of drug-likeness (QED) is 0.0951. The van der Waals surface area contributed by atoms with Gasteiger partial charge in [0.1, 0.15) is 0 Å². The number of hydrogen-bond donors (Lipinski definition) is 0. The zero-order valence-electron chi connectivity index (χ0n) is 34.5. The van der Waals surface area contributed by atoms with E-state index in [1.807, 2.05) is 42.7 Å². The van der Waals surface area contributed by atoms with Gasteiger partial charge in [0.25, 0.3) is 0 Å². The van der Waals surface area contributed by atoms with E-state index in [9.17, 15) is 0 Å². The van der Waals surface area contributed by atoms with Crippen LogP contribution in [0.3, 0.4) is 0 Å². The van der Waals surface area contributed by atoms with E-state index in [1.165, 1.54) is 0 Å². The second-order valence-electron chi connectivity index (χ2n) is 16.0. The van der Waals surface area contributed by atoms with E-state index in [0.717, 1.165) is 90.8 Å². The molecule has 6 nitrogen and oxygen atoms in total. The molecule has 0 atom stereocenters. The van der Waals surface area contributed by atoms with Crippen LogP contribution in [0.25, 0.3) is 33.6 Å². The van der Waals surface area contributed by atoms with Crippen molar-refractivity contribution < 1.29 is 51.0 Å². The first-order valence-electron chi connectivity index (χ1n) is 19.7. The molecule has 0 spiro atoms. The van der Waals surface area contributed by atoms with Crippen molar-refractivity contribution in [2.24, 2.45) is 11.8 Å². The van der Waals surface area contributed by atoms with Crippen molar-refractivity contribution >= 4 is 23.4 Å². The standard InChI is InChI=1S/C50H45BN4O2.Pd.Pt/c1-30(2)20-42-34(7)24-36(46-22-32(5)14-18-52-46)26-48(42)56-38-10-12-40-41-13-11-39(29-45(41)51(44(40)28-38)50-54-16-9-17-55-50)57-49-27-37(47-23-33(6)15-19-53-47)25-35(8)43(49)21-31(3)4;;/h9-19,22-25,30-31H,20-21H2,1-8H3;;/q-4;2*+2. The summed E-state index contributed by atoms with van der Waals surface area (Å²) in [4.78, 5) is 18.8. The van der Waals surface area contributed by atoms with Crippen LogP contribution >= 0.6 is 0 Å². The first kappa shape index (κ1) is 43.8. The Balaban J connectivity index is 0.00000293. The minimum absolute atomic E-state index is 0. The Hall–Kier alpha value is -4.72. The molecule has 7 aromatic rings. The van der Waals surface area contributed by atoms with Crippen LogP contribution in [-0.4, -0.2) is 26.6 Å². The summed E-state index contributed by atoms with van der Waals surface area (Å²) in [6, 6.07) is 37.0. The van der Waals surface area contributed by atoms with E-state index in [1.54, 1.807) is 12.4 Å². The molecule has 0 N–H and O–H groups in total. The molecule has 0 bridgehead atoms. The second kappa shape index (κ2) is 18.7. The van der Waals surface area contributed by atoms with E-state index >= 15 is 0 Å². The summed E-state index contributed by atoms with van der Waals surface area (Å²) in [7, 11) is 0. The third kappa shape index (κ3) is 9.52. The van der Waals surface area contributed by atoms with Crippen LogP contribution in [0.1, 0.15) is 61.1 Å². The predicted molar refractivity (Wildman–Crippen MR) is 229 cm³/mol. The fourth-order valence-corrected chi connectivity index (χ4v) is 7.68. The molecule has 1 aliphatic rings. The molecule has 0 unspecified atom stereocenters. The van der Waals surface area contributed by atoms with E-state index in [-0.39, 0.29) is 48.2 Å². The number of fused-ring (bicyclic) bond motifs is 3. The van der Waals surface area contributed by atoms with Crippen molar-refractivity contribution in [3.05, 3.63) is 149 Å². The average Bonchev–Trinajstić information content (AvgIpc) is 3.50. The Labute approximate surface area is 377 Å². The summed E-state index contributed by atoms with van der Waals surface area (Å²) in [5.74, 6) is 3.43. The first-order chi connectivity index (χ1) is 27.5. The minimum atomic E-state index is -0.337. The third-order valence-corrected chi connectivity index (χ3v) is 10.4. The van der Waals surface area contributed by atoms with Crippen molar-refractivity contribution in [3.63, 3.8) is 0 Å². The monoisotopic (exact) mass is 1050 g/mol. The topological polar surface area (TPSA) is 70.0 Å². The molecule has 59 heavy (non-hydrogen) atoms. The Morgan fingerprint density at radius 2 is 1.00 bits per heavy atom. The summed E-state index contributed by atoms with van der Waals surface area (Å²) in [6.07, 6.45) is 8.95. The van der Waals surface area contributed by atoms with Crippen molar-refractivity contribution in [1.29, 1.82) is 0 Å². The van der Waals surface area contributed by atoms with Crippen LogP contribution in [0.4, 0.5) is 0 Å². The molecule has 0 saturated carbocycles. The van der Waals surface area contributed by atoms with E-state index in [0.29, 0.717) is 40.6 Å². The van der Waals surface area contributed by atoms with E-state index in [2.05, 4.69) is 126 Å². The molecule has 0 aliphatic carbocycles. The normalized spacial score (nSPS) is 11.5. The van der Waals surface area contributed by atoms with Gasteiger partial charge in [-0.05, 0) is 43.4 Å². The molecule has 0 fully saturated rings. The largest absolute Gasteiger partial charge is 2.00 e. The zero-order valence-corrected chi connectivity index (χ0v) is 38.4. The summed E-state index contributed by atoms with van der Waals surface area (Å²) >= 11 is 0. The number of pyridine rings is 2. The van der Waals surface area contributed by atoms with Gasteiger partial charge in [-0.2, -0.15) is 34.2 Å². The fraction of sp³-hybridized carbons (Fsp3) is 0.240. The molecule has 0 saturated heterocycles. The summed E-state index contributed by atoms with van der Waals surface area (Å²) in [6.45, 7) is 17.0. The van der Waals surface area contributed by atoms with Crippen LogP contribution in [0.15, 0.2) is 91.5 Å². The van der Waals surface area contributed by atoms with Crippen molar-refractivity contribution in [3.8, 4) is 56.6 Å². The SMILES string of the molecule is Cc1ccnc(-c2[c-]c(Oc3[c-]c4c(cc3)-c3ccc(Oc5[c-]c(-c6cc(C)ccn6)cc(C)c5CC(C)C)[c-]c3B4c3ncccn3)c(CC(C)C)c(C)c2)c1.[Pd+2].[Pt+2]. The minimum Gasteiger partial charge on any atom is -0.503 e. The Morgan fingerprint density at radius 1 is 0.559 bits per heavy atom. The maximum atomic E-state index is 6.78. The number of rotatable bonds is 11. The number of ether oxygens (including phenoxy) is 2. The van der Waals surface area contributed by atoms with Gasteiger partial charge < -0.3 is 19.4 Å². The Kier molecular flexibility index (Phi) is 13.9. The molecule has 4 aromatic carbocycles. The van der Waals surface area contributed by atoms with Gasteiger partial charge in [-0.25, -0.2) is 0 Å². The van der Waals surface area contributed by atoms with Crippen molar-refractivity contribution in [2.45, 2.75) is 68.2 Å². The second-order valence-corrected chi connectivity index (χ2v) is 16.0. The molecule has 4 heterocycles. The average molecular weight is 1050 g/mol. The molecule has 300 valence electrons. The molecular formula is C50H45BN4O2PdPt. The summed E-state index contributed by atoms with van der Waals surface area (Å²) in [5.41, 5.74) is 14.9. The Morgan fingerprint density at radius 3 is 1.41 bits per heavy atom. The van der Waals surface area contributed by atoms with Crippen LogP contribution in [0, 0.1) is 63.8 Å². The maximum Gasteiger partial charge on any atom is 2.00 e. The van der Waals surface area contributed by atoms with Crippen LogP contribution < -0.4 is 26.1 Å². The van der Waals surface area contributed by atoms with Crippen molar-refractivity contribution in [2.75, 3.05) is 0 Å². The number of benzene rings is 4. The summed E-state index contributed by atoms with van der Waals surface area (Å²) in [5, 5.41) is 0. The number of hydrogen-bond acceptors (Lipinski definition) is 6. The maximum absolute atomic E-state index is 6.78. The molecule has 0 radical (unpaired) electrons. The number of aromatic nitrogens is 4. The van der Waals surface area contributed by atoms with Crippen LogP contribution in [0.5, 0.6) is 23.0 Å². The summed E-state index contributed by atoms with van der Waals surface area (Å²) < 4.78 is 13.6. The number of nitrogens with zero attached hydrogens (tertiary/aromatic N) is 4. The first-order valence-corrected chi connectivity index (χ1v) is 19.7. The van der Waals surface area contributed by atoms with Gasteiger partial charge in [0.15, 0.2) is 0 Å². The van der Waals surface area contributed by atoms with Gasteiger partial charge in [-0.3, -0.25) is 9.97 Å². The van der Waals surface area contributed by atoms with Crippen LogP contribution in [-0.2, 0) is 54.3 Å². The van der Waals surface area contributed by atoms with Gasteiger partial charge in [-0.1, -0.05) is 113 Å². The van der Waals surface area contributed by atoms with Crippen molar-refractivity contribution in [1.82, 2.24) is 19.9 Å². The zero-order chi connectivity index (χ0) is 39.8. The molecule has 9 heteroatoms. The van der Waals surface area contributed by atoms with E-state index < -0.39 is 0 Å². The van der Waals surface area contributed by atoms with Gasteiger partial charge in [0, 0.05) is 47.8 Å². The van der Waals surface area contributed by atoms with Gasteiger partial charge in [0.2, 0.25) is 6.71 Å². The van der Waals surface area contributed by atoms with Crippen LogP contribution in [0.2, 0.25) is 0 Å². The third-order valence-electron chi connectivity index (χ3n) is 10.4. The van der Waals surface area contributed by atoms with Gasteiger partial charge >= 0.3 is 41.5 Å². The van der Waals surface area contributed by atoms with Gasteiger partial charge in [0.05, 0.1) is 5.72 Å². The molecule has 0 amide bonds. The fourth-order valence-electron chi connectivity index (χ4n) is 7.68. The van der Waals surface area contributed by atoms with E-state index in [4.69, 9.17) is 19.4 Å². The molecule has 8 rings (SSSR count).